The summed E-state index contributed by atoms with van der Waals surface area (Å²) in [5.74, 6) is 0.625. The number of nitrogens with zero attached hydrogens (tertiary/aromatic N) is 2. The van der Waals surface area contributed by atoms with Crippen molar-refractivity contribution < 1.29 is 14.3 Å². The summed E-state index contributed by atoms with van der Waals surface area (Å²) in [5.41, 5.74) is 5.55. The molecule has 0 saturated heterocycles. The second-order valence-electron chi connectivity index (χ2n) is 9.93. The molecule has 0 aliphatic heterocycles. The molecule has 8 heteroatoms. The van der Waals surface area contributed by atoms with Crippen LogP contribution in [0.4, 0.5) is 4.79 Å². The Hall–Kier alpha value is -3.39. The molecule has 0 radical (unpaired) electrons. The standard InChI is InChI=1S/C28H31BrN4O3/c1-17-10-19(6-8-25(17)29)11-22(31-27(34)36-28(3,4)5)16-35-23-12-21(14-30-15-23)20-7-9-26-24(13-20)18(2)32-33-26/h6-10,12-15,22H,11,16H2,1-5H3,(H,31,34)(H,32,33)/t22-/m0/s1. The second-order valence-corrected chi connectivity index (χ2v) is 10.8. The number of aromatic amines is 1. The van der Waals surface area contributed by atoms with Gasteiger partial charge in [0.15, 0.2) is 0 Å². The molecular formula is C28H31BrN4O3. The van der Waals surface area contributed by atoms with E-state index < -0.39 is 11.7 Å². The van der Waals surface area contributed by atoms with Crippen molar-refractivity contribution >= 4 is 32.9 Å². The van der Waals surface area contributed by atoms with Crippen molar-refractivity contribution in [2.45, 2.75) is 52.7 Å². The van der Waals surface area contributed by atoms with Gasteiger partial charge in [-0.05, 0) is 82.0 Å². The maximum Gasteiger partial charge on any atom is 0.408 e. The Kier molecular flexibility index (Phi) is 7.64. The first-order valence-corrected chi connectivity index (χ1v) is 12.6. The Labute approximate surface area is 219 Å². The van der Waals surface area contributed by atoms with Crippen LogP contribution in [0.25, 0.3) is 22.0 Å². The van der Waals surface area contributed by atoms with Gasteiger partial charge in [0.25, 0.3) is 0 Å². The largest absolute Gasteiger partial charge is 0.490 e. The van der Waals surface area contributed by atoms with Crippen LogP contribution < -0.4 is 10.1 Å². The van der Waals surface area contributed by atoms with E-state index in [9.17, 15) is 4.79 Å². The van der Waals surface area contributed by atoms with Crippen LogP contribution in [0.15, 0.2) is 59.3 Å². The summed E-state index contributed by atoms with van der Waals surface area (Å²) >= 11 is 3.54. The number of aryl methyl sites for hydroxylation is 2. The van der Waals surface area contributed by atoms with Crippen molar-refractivity contribution in [2.75, 3.05) is 6.61 Å². The zero-order valence-corrected chi connectivity index (χ0v) is 22.8. The Morgan fingerprint density at radius 2 is 1.89 bits per heavy atom. The maximum atomic E-state index is 12.5. The zero-order valence-electron chi connectivity index (χ0n) is 21.2. The molecule has 36 heavy (non-hydrogen) atoms. The number of H-pyrrole nitrogens is 1. The summed E-state index contributed by atoms with van der Waals surface area (Å²) in [5, 5.41) is 11.4. The molecular weight excluding hydrogens is 520 g/mol. The lowest BCUT2D eigenvalue weighted by molar-refractivity contribution is 0.0487. The molecule has 2 aromatic heterocycles. The van der Waals surface area contributed by atoms with Gasteiger partial charge in [-0.2, -0.15) is 5.10 Å². The van der Waals surface area contributed by atoms with Crippen LogP contribution in [0.3, 0.4) is 0 Å². The number of alkyl carbamates (subject to hydrolysis) is 1. The molecule has 7 nitrogen and oxygen atoms in total. The van der Waals surface area contributed by atoms with E-state index in [2.05, 4.69) is 48.6 Å². The highest BCUT2D eigenvalue weighted by atomic mass is 79.9. The van der Waals surface area contributed by atoms with Crippen LogP contribution in [-0.2, 0) is 11.2 Å². The number of amides is 1. The van der Waals surface area contributed by atoms with Gasteiger partial charge in [-0.15, -0.1) is 0 Å². The van der Waals surface area contributed by atoms with E-state index in [0.29, 0.717) is 12.2 Å². The summed E-state index contributed by atoms with van der Waals surface area (Å²) in [6.45, 7) is 9.84. The van der Waals surface area contributed by atoms with Gasteiger partial charge in [0.05, 0.1) is 17.8 Å². The zero-order chi connectivity index (χ0) is 25.9. The molecule has 2 heterocycles. The molecule has 1 amide bonds. The molecule has 188 valence electrons. The van der Waals surface area contributed by atoms with E-state index in [1.54, 1.807) is 6.20 Å². The smallest absolute Gasteiger partial charge is 0.408 e. The quantitative estimate of drug-likeness (QED) is 0.273. The number of benzene rings is 2. The third-order valence-corrected chi connectivity index (χ3v) is 6.56. The van der Waals surface area contributed by atoms with Gasteiger partial charge in [-0.3, -0.25) is 10.1 Å². The first kappa shape index (κ1) is 25.7. The van der Waals surface area contributed by atoms with Crippen LogP contribution in [0.2, 0.25) is 0 Å². The first-order valence-electron chi connectivity index (χ1n) is 11.8. The molecule has 4 aromatic rings. The van der Waals surface area contributed by atoms with Gasteiger partial charge < -0.3 is 14.8 Å². The van der Waals surface area contributed by atoms with Gasteiger partial charge >= 0.3 is 6.09 Å². The van der Waals surface area contributed by atoms with E-state index in [1.807, 2.05) is 71.1 Å². The van der Waals surface area contributed by atoms with Crippen molar-refractivity contribution in [3.8, 4) is 16.9 Å². The van der Waals surface area contributed by atoms with Crippen molar-refractivity contribution in [1.29, 1.82) is 0 Å². The Bertz CT molecular complexity index is 1380. The highest BCUT2D eigenvalue weighted by Gasteiger charge is 2.21. The number of halogens is 1. The van der Waals surface area contributed by atoms with Crippen LogP contribution in [0.1, 0.15) is 37.6 Å². The Morgan fingerprint density at radius 1 is 1.08 bits per heavy atom. The van der Waals surface area contributed by atoms with Gasteiger partial charge in [-0.1, -0.05) is 34.1 Å². The first-order chi connectivity index (χ1) is 17.1. The second kappa shape index (κ2) is 10.7. The number of carbonyl (C=O) groups excluding carboxylic acids is 1. The predicted octanol–water partition coefficient (Wildman–Crippen LogP) is 6.52. The lowest BCUT2D eigenvalue weighted by Gasteiger charge is -2.24. The van der Waals surface area contributed by atoms with E-state index in [-0.39, 0.29) is 12.6 Å². The molecule has 0 unspecified atom stereocenters. The summed E-state index contributed by atoms with van der Waals surface area (Å²) in [6.07, 6.45) is 3.61. The average Bonchev–Trinajstić information content (AvgIpc) is 3.19. The van der Waals surface area contributed by atoms with Gasteiger partial charge in [-0.25, -0.2) is 4.79 Å². The molecule has 0 aliphatic carbocycles. The number of ether oxygens (including phenoxy) is 2. The minimum Gasteiger partial charge on any atom is -0.490 e. The molecule has 0 bridgehead atoms. The van der Waals surface area contributed by atoms with E-state index >= 15 is 0 Å². The van der Waals surface area contributed by atoms with Crippen molar-refractivity contribution in [2.24, 2.45) is 0 Å². The Morgan fingerprint density at radius 3 is 2.64 bits per heavy atom. The number of hydrogen-bond acceptors (Lipinski definition) is 5. The normalized spacial score (nSPS) is 12.4. The van der Waals surface area contributed by atoms with Gasteiger partial charge in [0.1, 0.15) is 18.0 Å². The third kappa shape index (κ3) is 6.63. The van der Waals surface area contributed by atoms with Crippen LogP contribution in [0.5, 0.6) is 5.75 Å². The third-order valence-electron chi connectivity index (χ3n) is 5.67. The van der Waals surface area contributed by atoms with Crippen molar-refractivity contribution in [1.82, 2.24) is 20.5 Å². The SMILES string of the molecule is Cc1cc(C[C@@H](COc2cncc(-c3ccc4n[nH]c(C)c4c3)c2)NC(=O)OC(C)(C)C)ccc1Br. The van der Waals surface area contributed by atoms with E-state index in [0.717, 1.165) is 43.3 Å². The maximum absolute atomic E-state index is 12.5. The minimum atomic E-state index is -0.587. The van der Waals surface area contributed by atoms with Crippen LogP contribution >= 0.6 is 15.9 Å². The fraction of sp³-hybridized carbons (Fsp3) is 0.321. The molecule has 1 atom stereocenters. The number of aromatic nitrogens is 3. The van der Waals surface area contributed by atoms with Crippen LogP contribution in [0, 0.1) is 13.8 Å². The van der Waals surface area contributed by atoms with E-state index in [4.69, 9.17) is 9.47 Å². The topological polar surface area (TPSA) is 89.1 Å². The molecule has 2 aromatic carbocycles. The Balaban J connectivity index is 1.50. The van der Waals surface area contributed by atoms with Gasteiger partial charge in [0.2, 0.25) is 0 Å². The number of nitrogens with one attached hydrogen (secondary N) is 2. The summed E-state index contributed by atoms with van der Waals surface area (Å²) in [6, 6.07) is 13.9. The molecule has 0 saturated carbocycles. The molecule has 0 aliphatic rings. The number of pyridine rings is 1. The fourth-order valence-corrected chi connectivity index (χ4v) is 4.16. The summed E-state index contributed by atoms with van der Waals surface area (Å²) in [7, 11) is 0. The highest BCUT2D eigenvalue weighted by Crippen LogP contribution is 2.27. The van der Waals surface area contributed by atoms with E-state index in [1.165, 1.54) is 0 Å². The molecule has 0 fully saturated rings. The number of rotatable bonds is 7. The van der Waals surface area contributed by atoms with Crippen LogP contribution in [-0.4, -0.2) is 39.5 Å². The highest BCUT2D eigenvalue weighted by molar-refractivity contribution is 9.10. The van der Waals surface area contributed by atoms with Crippen molar-refractivity contribution in [3.63, 3.8) is 0 Å². The predicted molar refractivity (Wildman–Crippen MR) is 145 cm³/mol. The lowest BCUT2D eigenvalue weighted by atomic mass is 10.0. The van der Waals surface area contributed by atoms with Crippen molar-refractivity contribution in [3.05, 3.63) is 76.2 Å². The van der Waals surface area contributed by atoms with Gasteiger partial charge in [0, 0.05) is 27.3 Å². The number of carbonyl (C=O) groups is 1. The summed E-state index contributed by atoms with van der Waals surface area (Å²) < 4.78 is 12.7. The minimum absolute atomic E-state index is 0.263. The molecule has 2 N–H and O–H groups in total. The average molecular weight is 551 g/mol. The lowest BCUT2D eigenvalue weighted by Crippen LogP contribution is -2.43. The number of hydrogen-bond donors (Lipinski definition) is 2. The summed E-state index contributed by atoms with van der Waals surface area (Å²) in [4.78, 5) is 16.9. The molecule has 4 rings (SSSR count). The molecule has 0 spiro atoms. The number of fused-ring (bicyclic) bond motifs is 1. The fourth-order valence-electron chi connectivity index (χ4n) is 3.91. The monoisotopic (exact) mass is 550 g/mol.